The van der Waals surface area contributed by atoms with Crippen molar-refractivity contribution in [1.29, 1.82) is 0 Å². The number of carbonyl (C=O) groups is 17. The minimum Gasteiger partial charge on any atom is -0.463 e. The standard InChI is InChI=1S/C83H128N8O42/c1-50(92)88-70-76(128-59(10)101)73(125-56(7)98)63(44-121-53(4)95)131-79(70)118-39-36-112-33-30-109-27-21-84-66(104)18-24-115-47-83(91-69(107)42-87-82(108)124-43-62-16-14-13-15-17-62,48-116-25-19-67(105)85-22-28-110-31-34-113-37-40-119-80-71(89-51(2)93)77(129-60(11)102)74(126-57(8)99)64(132-80)45-122-54(5)96)49-117-26-20-68(106)86-23-29-111-32-35-114-38-41-120-81-72(90-52(3)94)78(130-61(12)103)75(127-58(9)100)65(133-81)46-123-55(6)97/h13-17,63-65,70-81H,18-49H2,1-12H3,(H,84,104)(H,85,105)(H,86,106)(H,87,108)(H,88,92)(H,89,93)(H,90,94)(H,91,107)/t63?,64?,65?,70?,71?,72?,73-,74-,75-,76?,77?,78?,79+,80+,81+,83?/m0/s1. The van der Waals surface area contributed by atoms with Crippen molar-refractivity contribution < 1.29 is 200 Å². The number of esters is 9. The summed E-state index contributed by atoms with van der Waals surface area (Å²) in [5, 5.41) is 21.1. The maximum absolute atomic E-state index is 13.9. The Labute approximate surface area is 767 Å². The molecule has 8 N–H and O–H groups in total. The van der Waals surface area contributed by atoms with Crippen LogP contribution in [0.25, 0.3) is 0 Å². The summed E-state index contributed by atoms with van der Waals surface area (Å²) in [5.41, 5.74) is -0.990. The van der Waals surface area contributed by atoms with Crippen molar-refractivity contribution in [3.8, 4) is 0 Å². The highest BCUT2D eigenvalue weighted by molar-refractivity contribution is 5.83. The Morgan fingerprint density at radius 3 is 0.857 bits per heavy atom. The van der Waals surface area contributed by atoms with Crippen LogP contribution in [0.1, 0.15) is 108 Å². The summed E-state index contributed by atoms with van der Waals surface area (Å²) >= 11 is 0. The van der Waals surface area contributed by atoms with Crippen LogP contribution in [-0.2, 0) is 202 Å². The highest BCUT2D eigenvalue weighted by atomic mass is 16.7. The molecule has 3 heterocycles. The lowest BCUT2D eigenvalue weighted by molar-refractivity contribution is -0.279. The predicted molar refractivity (Wildman–Crippen MR) is 446 cm³/mol. The van der Waals surface area contributed by atoms with E-state index in [-0.39, 0.29) is 164 Å². The highest BCUT2D eigenvalue weighted by Gasteiger charge is 2.55. The molecule has 0 spiro atoms. The summed E-state index contributed by atoms with van der Waals surface area (Å²) < 4.78 is 141. The Morgan fingerprint density at radius 1 is 0.301 bits per heavy atom. The van der Waals surface area contributed by atoms with Crippen molar-refractivity contribution in [1.82, 2.24) is 42.5 Å². The van der Waals surface area contributed by atoms with Crippen molar-refractivity contribution >= 4 is 101 Å². The third-order valence-corrected chi connectivity index (χ3v) is 18.1. The van der Waals surface area contributed by atoms with Crippen LogP contribution in [0, 0.1) is 0 Å². The second-order valence-electron chi connectivity index (χ2n) is 29.6. The summed E-state index contributed by atoms with van der Waals surface area (Å²) in [4.78, 5) is 212. The Kier molecular flexibility index (Phi) is 56.2. The second kappa shape index (κ2) is 65.1. The Morgan fingerprint density at radius 2 is 0.579 bits per heavy atom. The van der Waals surface area contributed by atoms with E-state index in [0.29, 0.717) is 5.56 Å². The fourth-order valence-electron chi connectivity index (χ4n) is 12.8. The average Bonchev–Trinajstić information content (AvgIpc) is 0.794. The van der Waals surface area contributed by atoms with Crippen molar-refractivity contribution in [3.63, 3.8) is 0 Å². The number of rotatable bonds is 65. The number of amides is 8. The molecule has 1 aromatic rings. The van der Waals surface area contributed by atoms with Gasteiger partial charge < -0.3 is 161 Å². The van der Waals surface area contributed by atoms with Gasteiger partial charge in [0.05, 0.1) is 139 Å². The summed E-state index contributed by atoms with van der Waals surface area (Å²) in [5.74, 6) is -10.6. The normalized spacial score (nSPS) is 21.8. The average molecular weight is 1910 g/mol. The van der Waals surface area contributed by atoms with Gasteiger partial charge in [0.25, 0.3) is 0 Å². The molecule has 133 heavy (non-hydrogen) atoms. The van der Waals surface area contributed by atoms with E-state index in [1.807, 2.05) is 0 Å². The first-order valence-electron chi connectivity index (χ1n) is 42.8. The van der Waals surface area contributed by atoms with Crippen molar-refractivity contribution in [3.05, 3.63) is 35.9 Å². The zero-order valence-corrected chi connectivity index (χ0v) is 76.8. The molecule has 9 unspecified atom stereocenters. The number of carbonyl (C=O) groups excluding carboxylic acids is 17. The van der Waals surface area contributed by atoms with Gasteiger partial charge in [0.2, 0.25) is 41.4 Å². The van der Waals surface area contributed by atoms with Crippen LogP contribution in [0.4, 0.5) is 4.79 Å². The maximum Gasteiger partial charge on any atom is 0.407 e. The minimum absolute atomic E-state index is 0.0347. The number of ether oxygens (including phenoxy) is 25. The highest BCUT2D eigenvalue weighted by Crippen LogP contribution is 2.32. The van der Waals surface area contributed by atoms with E-state index < -0.39 is 245 Å². The van der Waals surface area contributed by atoms with E-state index >= 15 is 0 Å². The zero-order valence-electron chi connectivity index (χ0n) is 76.8. The molecule has 3 saturated heterocycles. The lowest BCUT2D eigenvalue weighted by Gasteiger charge is -2.44. The lowest BCUT2D eigenvalue weighted by Crippen LogP contribution is -2.66. The molecule has 50 nitrogen and oxygen atoms in total. The number of benzene rings is 1. The molecular formula is C83H128N8O42. The fraction of sp³-hybridized carbons (Fsp3) is 0.723. The van der Waals surface area contributed by atoms with Gasteiger partial charge in [-0.3, -0.25) is 76.7 Å². The van der Waals surface area contributed by atoms with Gasteiger partial charge in [-0.1, -0.05) is 30.3 Å². The van der Waals surface area contributed by atoms with Crippen LogP contribution >= 0.6 is 0 Å². The van der Waals surface area contributed by atoms with E-state index in [0.717, 1.165) is 62.3 Å². The predicted octanol–water partition coefficient (Wildman–Crippen LogP) is -3.55. The minimum atomic E-state index is -1.65. The van der Waals surface area contributed by atoms with E-state index in [1.54, 1.807) is 30.3 Å². The molecular weight excluding hydrogens is 1780 g/mol. The van der Waals surface area contributed by atoms with Gasteiger partial charge in [-0.15, -0.1) is 0 Å². The van der Waals surface area contributed by atoms with Gasteiger partial charge in [-0.05, 0) is 5.56 Å². The van der Waals surface area contributed by atoms with Gasteiger partial charge in [0.1, 0.15) is 74.9 Å². The Bertz CT molecular complexity index is 3480. The number of hydrogen-bond acceptors (Lipinski definition) is 42. The topological polar surface area (TPSA) is 617 Å². The molecule has 0 bridgehead atoms. The molecule has 4 rings (SSSR count). The van der Waals surface area contributed by atoms with Crippen molar-refractivity contribution in [2.24, 2.45) is 0 Å². The fourth-order valence-corrected chi connectivity index (χ4v) is 12.8. The summed E-state index contributed by atoms with van der Waals surface area (Å²) in [6.07, 6.45) is -17.0. The molecule has 1 aromatic carbocycles. The zero-order chi connectivity index (χ0) is 98.1. The van der Waals surface area contributed by atoms with Crippen LogP contribution < -0.4 is 42.5 Å². The lowest BCUT2D eigenvalue weighted by atomic mass is 9.96. The van der Waals surface area contributed by atoms with Gasteiger partial charge >= 0.3 is 59.8 Å². The second-order valence-corrected chi connectivity index (χ2v) is 29.6. The van der Waals surface area contributed by atoms with Gasteiger partial charge in [-0.25, -0.2) is 4.79 Å². The third-order valence-electron chi connectivity index (χ3n) is 18.1. The first-order chi connectivity index (χ1) is 63.4. The number of alkyl carbamates (subject to hydrolysis) is 1. The van der Waals surface area contributed by atoms with Gasteiger partial charge in [0, 0.05) is 122 Å². The van der Waals surface area contributed by atoms with Gasteiger partial charge in [0.15, 0.2) is 55.5 Å². The number of nitrogens with one attached hydrogen (secondary N) is 8. The smallest absolute Gasteiger partial charge is 0.407 e. The largest absolute Gasteiger partial charge is 0.463 e. The van der Waals surface area contributed by atoms with Crippen LogP contribution in [0.2, 0.25) is 0 Å². The van der Waals surface area contributed by atoms with Crippen LogP contribution in [0.3, 0.4) is 0 Å². The summed E-state index contributed by atoms with van der Waals surface area (Å²) in [6.45, 7) is 9.67. The Balaban J connectivity index is 1.35. The quantitative estimate of drug-likeness (QED) is 0.0178. The summed E-state index contributed by atoms with van der Waals surface area (Å²) in [7, 11) is 0. The van der Waals surface area contributed by atoms with Crippen LogP contribution in [0.5, 0.6) is 0 Å². The maximum atomic E-state index is 13.9. The van der Waals surface area contributed by atoms with E-state index in [4.69, 9.17) is 118 Å². The molecule has 15 atom stereocenters. The molecule has 8 amide bonds. The first kappa shape index (κ1) is 115. The van der Waals surface area contributed by atoms with Crippen molar-refractivity contribution in [2.75, 3.05) is 185 Å². The molecule has 752 valence electrons. The molecule has 3 aliphatic rings. The SMILES string of the molecule is CC(=O)NC1C(OC(C)=O)[C@@H](OC(C)=O)C(COC(C)=O)O[C@H]1OCCOCCOCCNC(=O)CCOCC(COCCC(=O)NCCOCCOCCO[C@@H]1OC(COC(C)=O)[C@H](OC(C)=O)C(OC(C)=O)C1NC(C)=O)(COCCC(=O)NCCOCCOCCO[C@@H]1OC(COC(C)=O)[C@H](OC(C)=O)C(OC(C)=O)C1NC(C)=O)NC(=O)CNC(=O)OCc1ccccc1. The molecule has 3 fully saturated rings. The molecule has 0 radical (unpaired) electrons. The molecule has 50 heteroatoms. The first-order valence-corrected chi connectivity index (χ1v) is 42.8. The van der Waals surface area contributed by atoms with E-state index in [9.17, 15) is 81.5 Å². The third kappa shape index (κ3) is 49.8. The van der Waals surface area contributed by atoms with E-state index in [1.165, 1.54) is 20.8 Å². The summed E-state index contributed by atoms with van der Waals surface area (Å²) in [6, 6.07) is 5.15. The molecule has 0 aromatic heterocycles. The van der Waals surface area contributed by atoms with Crippen LogP contribution in [-0.4, -0.2) is 383 Å². The monoisotopic (exact) mass is 1910 g/mol. The Hall–Kier alpha value is -10.6. The molecule has 0 aliphatic carbocycles. The van der Waals surface area contributed by atoms with Crippen LogP contribution in [0.15, 0.2) is 30.3 Å². The van der Waals surface area contributed by atoms with E-state index in [2.05, 4.69) is 42.5 Å². The number of hydrogen-bond donors (Lipinski definition) is 8. The van der Waals surface area contributed by atoms with Crippen molar-refractivity contribution in [2.45, 2.75) is 206 Å². The van der Waals surface area contributed by atoms with Gasteiger partial charge in [-0.2, -0.15) is 0 Å². The molecule has 3 aliphatic heterocycles. The molecule has 0 saturated carbocycles.